The van der Waals surface area contributed by atoms with Crippen molar-refractivity contribution in [3.8, 4) is 0 Å². The molecule has 2 rings (SSSR count). The first-order valence-corrected chi connectivity index (χ1v) is 3.80. The van der Waals surface area contributed by atoms with E-state index >= 15 is 0 Å². The first-order chi connectivity index (χ1) is 5.20. The number of carbonyl (C=O) groups is 1. The van der Waals surface area contributed by atoms with Crippen molar-refractivity contribution >= 4 is 5.97 Å². The van der Waals surface area contributed by atoms with Crippen LogP contribution in [0.3, 0.4) is 0 Å². The summed E-state index contributed by atoms with van der Waals surface area (Å²) >= 11 is 0. The lowest BCUT2D eigenvalue weighted by Crippen LogP contribution is -2.19. The second-order valence-corrected chi connectivity index (χ2v) is 3.28. The fourth-order valence-corrected chi connectivity index (χ4v) is 2.10. The maximum Gasteiger partial charge on any atom is 0.311 e. The summed E-state index contributed by atoms with van der Waals surface area (Å²) in [5, 5.41) is 8.81. The van der Waals surface area contributed by atoms with E-state index in [4.69, 9.17) is 5.11 Å². The molecular formula is C9H10O2. The van der Waals surface area contributed by atoms with Gasteiger partial charge in [0.2, 0.25) is 0 Å². The highest BCUT2D eigenvalue weighted by Gasteiger charge is 2.42. The molecule has 3 atom stereocenters. The van der Waals surface area contributed by atoms with E-state index in [9.17, 15) is 4.79 Å². The predicted octanol–water partition coefficient (Wildman–Crippen LogP) is 1.45. The van der Waals surface area contributed by atoms with Crippen LogP contribution in [0.25, 0.3) is 0 Å². The van der Waals surface area contributed by atoms with E-state index in [2.05, 4.69) is 12.7 Å². The van der Waals surface area contributed by atoms with Crippen LogP contribution in [-0.4, -0.2) is 11.1 Å². The number of aliphatic carboxylic acids is 1. The van der Waals surface area contributed by atoms with Crippen molar-refractivity contribution in [1.29, 1.82) is 0 Å². The molecule has 1 saturated carbocycles. The summed E-state index contributed by atoms with van der Waals surface area (Å²) in [5.41, 5.74) is 0.894. The molecule has 0 amide bonds. The number of rotatable bonds is 1. The maximum atomic E-state index is 10.7. The van der Waals surface area contributed by atoms with Gasteiger partial charge in [0.25, 0.3) is 0 Å². The second kappa shape index (κ2) is 1.97. The van der Waals surface area contributed by atoms with Gasteiger partial charge in [0.15, 0.2) is 0 Å². The van der Waals surface area contributed by atoms with Crippen molar-refractivity contribution in [2.24, 2.45) is 17.8 Å². The first kappa shape index (κ1) is 6.65. The van der Waals surface area contributed by atoms with Gasteiger partial charge in [0, 0.05) is 0 Å². The molecule has 0 spiro atoms. The highest BCUT2D eigenvalue weighted by Crippen LogP contribution is 2.46. The fourth-order valence-electron chi connectivity index (χ4n) is 2.10. The summed E-state index contributed by atoms with van der Waals surface area (Å²) in [6.07, 6.45) is 5.06. The Morgan fingerprint density at radius 1 is 1.64 bits per heavy atom. The number of fused-ring (bicyclic) bond motifs is 2. The highest BCUT2D eigenvalue weighted by atomic mass is 16.4. The molecule has 11 heavy (non-hydrogen) atoms. The van der Waals surface area contributed by atoms with Crippen LogP contribution in [0, 0.1) is 17.8 Å². The third-order valence-corrected chi connectivity index (χ3v) is 2.69. The largest absolute Gasteiger partial charge is 0.481 e. The Bertz CT molecular complexity index is 252. The topological polar surface area (TPSA) is 37.3 Å². The summed E-state index contributed by atoms with van der Waals surface area (Å²) < 4.78 is 0. The van der Waals surface area contributed by atoms with Gasteiger partial charge in [-0.1, -0.05) is 24.3 Å². The van der Waals surface area contributed by atoms with Crippen LogP contribution < -0.4 is 0 Å². The molecule has 0 aromatic carbocycles. The molecule has 1 fully saturated rings. The molecule has 0 saturated heterocycles. The minimum absolute atomic E-state index is 0.227. The molecule has 3 unspecified atom stereocenters. The average Bonchev–Trinajstić information content (AvgIpc) is 2.44. The van der Waals surface area contributed by atoms with E-state index < -0.39 is 5.97 Å². The Labute approximate surface area is 65.2 Å². The van der Waals surface area contributed by atoms with E-state index in [1.54, 1.807) is 0 Å². The molecule has 0 aliphatic heterocycles. The van der Waals surface area contributed by atoms with Gasteiger partial charge in [0.05, 0.1) is 5.92 Å². The van der Waals surface area contributed by atoms with E-state index in [-0.39, 0.29) is 11.8 Å². The van der Waals surface area contributed by atoms with Gasteiger partial charge in [-0.25, -0.2) is 0 Å². The molecule has 2 aliphatic rings. The van der Waals surface area contributed by atoms with Crippen molar-refractivity contribution in [3.05, 3.63) is 24.3 Å². The normalized spacial score (nSPS) is 40.0. The minimum atomic E-state index is -0.716. The summed E-state index contributed by atoms with van der Waals surface area (Å²) in [4.78, 5) is 10.7. The van der Waals surface area contributed by atoms with E-state index in [1.807, 2.05) is 6.08 Å². The van der Waals surface area contributed by atoms with E-state index in [0.29, 0.717) is 5.92 Å². The van der Waals surface area contributed by atoms with Gasteiger partial charge in [-0.15, -0.1) is 0 Å². The van der Waals surface area contributed by atoms with Crippen molar-refractivity contribution in [2.45, 2.75) is 6.42 Å². The molecule has 2 bridgehead atoms. The fraction of sp³-hybridized carbons (Fsp3) is 0.444. The molecule has 0 heterocycles. The van der Waals surface area contributed by atoms with Gasteiger partial charge in [-0.3, -0.25) is 4.79 Å². The van der Waals surface area contributed by atoms with Crippen LogP contribution in [0.5, 0.6) is 0 Å². The van der Waals surface area contributed by atoms with Gasteiger partial charge in [-0.2, -0.15) is 0 Å². The molecule has 2 aliphatic carbocycles. The smallest absolute Gasteiger partial charge is 0.311 e. The molecule has 1 N–H and O–H groups in total. The second-order valence-electron chi connectivity index (χ2n) is 3.28. The molecule has 0 aromatic rings. The van der Waals surface area contributed by atoms with Gasteiger partial charge >= 0.3 is 5.97 Å². The van der Waals surface area contributed by atoms with Crippen LogP contribution in [0.15, 0.2) is 24.3 Å². The third-order valence-electron chi connectivity index (χ3n) is 2.69. The number of allylic oxidation sites excluding steroid dienone is 2. The standard InChI is InChI=1S/C9H10O2/c1-5-6-2-3-7(4-6)8(5)9(10)11/h2-3,6-8H,1,4H2,(H,10,11). The van der Waals surface area contributed by atoms with Crippen molar-refractivity contribution in [1.82, 2.24) is 0 Å². The zero-order valence-corrected chi connectivity index (χ0v) is 6.16. The Morgan fingerprint density at radius 2 is 2.36 bits per heavy atom. The van der Waals surface area contributed by atoms with Gasteiger partial charge in [-0.05, 0) is 18.3 Å². The lowest BCUT2D eigenvalue weighted by Gasteiger charge is -2.14. The summed E-state index contributed by atoms with van der Waals surface area (Å²) in [7, 11) is 0. The Hall–Kier alpha value is -1.05. The number of hydrogen-bond donors (Lipinski definition) is 1. The maximum absolute atomic E-state index is 10.7. The molecule has 0 aromatic heterocycles. The van der Waals surface area contributed by atoms with E-state index in [1.165, 1.54) is 0 Å². The van der Waals surface area contributed by atoms with Gasteiger partial charge in [0.1, 0.15) is 0 Å². The Balaban J connectivity index is 2.32. The Kier molecular flexibility index (Phi) is 1.19. The van der Waals surface area contributed by atoms with Crippen molar-refractivity contribution in [2.75, 3.05) is 0 Å². The number of carboxylic acids is 1. The zero-order valence-electron chi connectivity index (χ0n) is 6.16. The summed E-state index contributed by atoms with van der Waals surface area (Å²) in [6.45, 7) is 3.81. The molecule has 2 heteroatoms. The lowest BCUT2D eigenvalue weighted by molar-refractivity contribution is -0.141. The van der Waals surface area contributed by atoms with Crippen molar-refractivity contribution < 1.29 is 9.90 Å². The molecule has 0 radical (unpaired) electrons. The quantitative estimate of drug-likeness (QED) is 0.574. The van der Waals surface area contributed by atoms with Crippen LogP contribution in [-0.2, 0) is 4.79 Å². The molecule has 2 nitrogen and oxygen atoms in total. The van der Waals surface area contributed by atoms with Crippen LogP contribution in [0.1, 0.15) is 6.42 Å². The predicted molar refractivity (Wildman–Crippen MR) is 41.0 cm³/mol. The zero-order chi connectivity index (χ0) is 8.01. The highest BCUT2D eigenvalue weighted by molar-refractivity contribution is 5.76. The average molecular weight is 150 g/mol. The first-order valence-electron chi connectivity index (χ1n) is 3.80. The third kappa shape index (κ3) is 0.754. The van der Waals surface area contributed by atoms with Crippen LogP contribution in [0.2, 0.25) is 0 Å². The summed E-state index contributed by atoms with van der Waals surface area (Å²) in [5.74, 6) is -0.442. The number of hydrogen-bond acceptors (Lipinski definition) is 1. The Morgan fingerprint density at radius 3 is 2.73 bits per heavy atom. The van der Waals surface area contributed by atoms with Crippen LogP contribution >= 0.6 is 0 Å². The number of carboxylic acid groups (broad SMARTS) is 1. The summed E-state index contributed by atoms with van der Waals surface area (Å²) in [6, 6.07) is 0. The monoisotopic (exact) mass is 150 g/mol. The lowest BCUT2D eigenvalue weighted by atomic mass is 9.90. The SMILES string of the molecule is C=C1C2C=CC(C2)C1C(=O)O. The van der Waals surface area contributed by atoms with Crippen molar-refractivity contribution in [3.63, 3.8) is 0 Å². The minimum Gasteiger partial charge on any atom is -0.481 e. The van der Waals surface area contributed by atoms with Crippen LogP contribution in [0.4, 0.5) is 0 Å². The van der Waals surface area contributed by atoms with Gasteiger partial charge < -0.3 is 5.11 Å². The molecule has 58 valence electrons. The van der Waals surface area contributed by atoms with E-state index in [0.717, 1.165) is 12.0 Å². The molecular weight excluding hydrogens is 140 g/mol.